The van der Waals surface area contributed by atoms with Crippen molar-refractivity contribution in [2.24, 2.45) is 17.8 Å². The van der Waals surface area contributed by atoms with Crippen LogP contribution in [0.5, 0.6) is 0 Å². The fourth-order valence-electron chi connectivity index (χ4n) is 4.52. The molecule has 4 rings (SSSR count). The minimum absolute atomic E-state index is 0.0515. The minimum Gasteiger partial charge on any atom is -0.364 e. The zero-order chi connectivity index (χ0) is 11.6. The second-order valence-electron chi connectivity index (χ2n) is 6.79. The summed E-state index contributed by atoms with van der Waals surface area (Å²) in [6.07, 6.45) is 6.39. The van der Waals surface area contributed by atoms with E-state index in [0.717, 1.165) is 17.8 Å². The van der Waals surface area contributed by atoms with Crippen molar-refractivity contribution < 1.29 is 4.74 Å². The first-order valence-corrected chi connectivity index (χ1v) is 6.84. The Bertz CT molecular complexity index is 330. The third-order valence-electron chi connectivity index (χ3n) is 5.62. The first-order valence-electron chi connectivity index (χ1n) is 6.84. The molecule has 1 heteroatoms. The van der Waals surface area contributed by atoms with Gasteiger partial charge in [-0.15, -0.1) is 0 Å². The van der Waals surface area contributed by atoms with Crippen LogP contribution in [0.3, 0.4) is 0 Å². The van der Waals surface area contributed by atoms with E-state index < -0.39 is 0 Å². The summed E-state index contributed by atoms with van der Waals surface area (Å²) in [4.78, 5) is 0. The Kier molecular flexibility index (Phi) is 2.12. The van der Waals surface area contributed by atoms with Crippen molar-refractivity contribution in [1.82, 2.24) is 0 Å². The third-order valence-corrected chi connectivity index (χ3v) is 5.62. The van der Waals surface area contributed by atoms with Gasteiger partial charge in [-0.2, -0.15) is 0 Å². The van der Waals surface area contributed by atoms with E-state index in [9.17, 15) is 0 Å². The van der Waals surface area contributed by atoms with Crippen molar-refractivity contribution in [3.63, 3.8) is 0 Å². The van der Waals surface area contributed by atoms with Crippen molar-refractivity contribution >= 4 is 0 Å². The lowest BCUT2D eigenvalue weighted by Crippen LogP contribution is -2.52. The number of ether oxygens (including phenoxy) is 1. The predicted octanol–water partition coefficient (Wildman–Crippen LogP) is 3.94. The summed E-state index contributed by atoms with van der Waals surface area (Å²) in [5.41, 5.74) is 1.52. The second kappa shape index (κ2) is 3.13. The molecule has 0 aromatic heterocycles. The van der Waals surface area contributed by atoms with Gasteiger partial charge >= 0.3 is 0 Å². The summed E-state index contributed by atoms with van der Waals surface area (Å²) in [6.45, 7) is 11.3. The topological polar surface area (TPSA) is 9.23 Å². The molecule has 0 amide bonds. The van der Waals surface area contributed by atoms with Gasteiger partial charge in [0, 0.05) is 0 Å². The van der Waals surface area contributed by atoms with Gasteiger partial charge in [-0.1, -0.05) is 13.5 Å². The van der Waals surface area contributed by atoms with Crippen LogP contribution in [-0.2, 0) is 4.74 Å². The van der Waals surface area contributed by atoms with Crippen molar-refractivity contribution in [3.05, 3.63) is 12.2 Å². The molecule has 4 atom stereocenters. The molecule has 4 aliphatic rings. The van der Waals surface area contributed by atoms with Crippen molar-refractivity contribution in [3.8, 4) is 0 Å². The van der Waals surface area contributed by atoms with E-state index in [1.165, 1.54) is 37.7 Å². The summed E-state index contributed by atoms with van der Waals surface area (Å²) in [6, 6.07) is 0. The largest absolute Gasteiger partial charge is 0.364 e. The Hall–Kier alpha value is -0.300. The van der Waals surface area contributed by atoms with Gasteiger partial charge in [0.05, 0.1) is 11.2 Å². The Morgan fingerprint density at radius 1 is 1.31 bits per heavy atom. The van der Waals surface area contributed by atoms with Crippen molar-refractivity contribution in [2.75, 3.05) is 0 Å². The summed E-state index contributed by atoms with van der Waals surface area (Å²) < 4.78 is 6.59. The van der Waals surface area contributed by atoms with Gasteiger partial charge < -0.3 is 4.74 Å². The maximum absolute atomic E-state index is 6.59. The van der Waals surface area contributed by atoms with Crippen LogP contribution < -0.4 is 0 Å². The van der Waals surface area contributed by atoms with Gasteiger partial charge in [0.2, 0.25) is 0 Å². The fraction of sp³-hybridized carbons (Fsp3) is 0.867. The summed E-state index contributed by atoms with van der Waals surface area (Å²) >= 11 is 0. The highest BCUT2D eigenvalue weighted by Crippen LogP contribution is 2.60. The molecule has 90 valence electrons. The van der Waals surface area contributed by atoms with Crippen LogP contribution in [0.2, 0.25) is 0 Å². The lowest BCUT2D eigenvalue weighted by molar-refractivity contribution is -0.197. The summed E-state index contributed by atoms with van der Waals surface area (Å²) in [5, 5.41) is 0. The van der Waals surface area contributed by atoms with E-state index in [-0.39, 0.29) is 11.2 Å². The standard InChI is InChI=1S/C15H24O/c1-10-7-8-15-11(2)5-6-12(9-13(10)15)14(3,4)16-15/h10,12-13H,2,5-9H2,1,3-4H3. The van der Waals surface area contributed by atoms with Crippen LogP contribution in [0.4, 0.5) is 0 Å². The first-order chi connectivity index (χ1) is 7.46. The molecule has 0 N–H and O–H groups in total. The van der Waals surface area contributed by atoms with E-state index in [2.05, 4.69) is 27.4 Å². The molecule has 4 fully saturated rings. The van der Waals surface area contributed by atoms with Crippen LogP contribution in [0.15, 0.2) is 12.2 Å². The van der Waals surface area contributed by atoms with Crippen molar-refractivity contribution in [1.29, 1.82) is 0 Å². The van der Waals surface area contributed by atoms with Gasteiger partial charge in [0.15, 0.2) is 0 Å². The van der Waals surface area contributed by atoms with Crippen LogP contribution in [-0.4, -0.2) is 11.2 Å². The Labute approximate surface area is 99.3 Å². The molecule has 0 radical (unpaired) electrons. The summed E-state index contributed by atoms with van der Waals surface area (Å²) in [5.74, 6) is 2.32. The molecule has 1 nitrogen and oxygen atoms in total. The Balaban J connectivity index is 2.07. The van der Waals surface area contributed by atoms with E-state index in [4.69, 9.17) is 4.74 Å². The molecule has 2 aliphatic carbocycles. The van der Waals surface area contributed by atoms with Crippen molar-refractivity contribution in [2.45, 2.75) is 64.1 Å². The zero-order valence-corrected chi connectivity index (χ0v) is 10.9. The van der Waals surface area contributed by atoms with E-state index >= 15 is 0 Å². The van der Waals surface area contributed by atoms with Gasteiger partial charge in [-0.25, -0.2) is 0 Å². The molecule has 0 aromatic carbocycles. The molecule has 16 heavy (non-hydrogen) atoms. The molecule has 2 saturated carbocycles. The average molecular weight is 220 g/mol. The molecule has 2 saturated heterocycles. The lowest BCUT2D eigenvalue weighted by Gasteiger charge is -2.50. The maximum Gasteiger partial charge on any atom is 0.0927 e. The van der Waals surface area contributed by atoms with E-state index in [0.29, 0.717) is 0 Å². The quantitative estimate of drug-likeness (QED) is 0.562. The second-order valence-corrected chi connectivity index (χ2v) is 6.79. The highest BCUT2D eigenvalue weighted by atomic mass is 16.5. The third kappa shape index (κ3) is 1.21. The molecular formula is C15H24O. The highest BCUT2D eigenvalue weighted by molar-refractivity contribution is 5.25. The normalized spacial score (nSPS) is 50.2. The number of hydrogen-bond acceptors (Lipinski definition) is 1. The smallest absolute Gasteiger partial charge is 0.0927 e. The lowest BCUT2D eigenvalue weighted by atomic mass is 9.72. The summed E-state index contributed by atoms with van der Waals surface area (Å²) in [7, 11) is 0. The van der Waals surface area contributed by atoms with Gasteiger partial charge in [-0.3, -0.25) is 0 Å². The zero-order valence-electron chi connectivity index (χ0n) is 10.9. The van der Waals surface area contributed by atoms with Gasteiger partial charge in [-0.05, 0) is 69.3 Å². The molecule has 2 aliphatic heterocycles. The minimum atomic E-state index is 0.0515. The molecule has 1 spiro atoms. The molecule has 0 aromatic rings. The monoisotopic (exact) mass is 220 g/mol. The van der Waals surface area contributed by atoms with Gasteiger partial charge in [0.1, 0.15) is 0 Å². The average Bonchev–Trinajstić information content (AvgIpc) is 2.38. The van der Waals surface area contributed by atoms with Crippen LogP contribution in [0, 0.1) is 17.8 Å². The van der Waals surface area contributed by atoms with Crippen LogP contribution >= 0.6 is 0 Å². The molecule has 2 heterocycles. The molecule has 4 unspecified atom stereocenters. The van der Waals surface area contributed by atoms with Gasteiger partial charge in [0.25, 0.3) is 0 Å². The fourth-order valence-corrected chi connectivity index (χ4v) is 4.52. The number of rotatable bonds is 0. The van der Waals surface area contributed by atoms with Crippen LogP contribution in [0.25, 0.3) is 0 Å². The number of fused-ring (bicyclic) bond motifs is 3. The van der Waals surface area contributed by atoms with E-state index in [1.807, 2.05) is 0 Å². The van der Waals surface area contributed by atoms with E-state index in [1.54, 1.807) is 0 Å². The Morgan fingerprint density at radius 2 is 2.06 bits per heavy atom. The maximum atomic E-state index is 6.59. The molecule has 2 bridgehead atoms. The Morgan fingerprint density at radius 3 is 2.81 bits per heavy atom. The predicted molar refractivity (Wildman–Crippen MR) is 66.3 cm³/mol. The first kappa shape index (κ1) is 10.8. The number of hydrogen-bond donors (Lipinski definition) is 0. The molecular weight excluding hydrogens is 196 g/mol. The van der Waals surface area contributed by atoms with Crippen LogP contribution in [0.1, 0.15) is 52.9 Å². The SMILES string of the molecule is C=C1CCC2CC3C(C)CCC13OC2(C)C. The highest BCUT2D eigenvalue weighted by Gasteiger charge is 2.59.